The minimum Gasteiger partial charge on any atom is -0.497 e. The Kier molecular flexibility index (Phi) is 8.45. The lowest BCUT2D eigenvalue weighted by molar-refractivity contribution is -0.176. The molecule has 0 saturated carbocycles. The second kappa shape index (κ2) is 11.7. The van der Waals surface area contributed by atoms with Crippen LogP contribution in [0.5, 0.6) is 23.0 Å². The van der Waals surface area contributed by atoms with Crippen LogP contribution in [0.2, 0.25) is 0 Å². The Morgan fingerprint density at radius 2 is 1.83 bits per heavy atom. The van der Waals surface area contributed by atoms with Crippen LogP contribution in [0, 0.1) is 0 Å². The van der Waals surface area contributed by atoms with Gasteiger partial charge in [0.2, 0.25) is 5.91 Å². The van der Waals surface area contributed by atoms with Gasteiger partial charge in [-0.05, 0) is 67.8 Å². The Labute approximate surface area is 208 Å². The zero-order valence-electron chi connectivity index (χ0n) is 20.2. The number of carbonyl (C=O) groups excluding carboxylic acids is 1. The van der Waals surface area contributed by atoms with Gasteiger partial charge in [-0.2, -0.15) is 13.2 Å². The Morgan fingerprint density at radius 3 is 2.56 bits per heavy atom. The Bertz CT molecular complexity index is 1020. The molecule has 1 amide bonds. The van der Waals surface area contributed by atoms with E-state index in [0.29, 0.717) is 55.6 Å². The van der Waals surface area contributed by atoms with E-state index in [1.807, 2.05) is 12.1 Å². The van der Waals surface area contributed by atoms with E-state index >= 15 is 0 Å². The molecule has 1 fully saturated rings. The smallest absolute Gasteiger partial charge is 0.404 e. The second-order valence-corrected chi connectivity index (χ2v) is 8.92. The number of alkyl halides is 3. The summed E-state index contributed by atoms with van der Waals surface area (Å²) in [6.45, 7) is 1.50. The summed E-state index contributed by atoms with van der Waals surface area (Å²) in [6.07, 6.45) is -3.31. The molecule has 2 aromatic rings. The van der Waals surface area contributed by atoms with Gasteiger partial charge in [0.05, 0.1) is 20.1 Å². The molecule has 2 aliphatic heterocycles. The Balaban J connectivity index is 1.39. The highest BCUT2D eigenvalue weighted by Gasteiger charge is 2.46. The van der Waals surface area contributed by atoms with E-state index in [4.69, 9.17) is 18.9 Å². The highest BCUT2D eigenvalue weighted by Crippen LogP contribution is 2.34. The fourth-order valence-corrected chi connectivity index (χ4v) is 4.59. The predicted molar refractivity (Wildman–Crippen MR) is 127 cm³/mol. The maximum atomic E-state index is 13.5. The van der Waals surface area contributed by atoms with Crippen LogP contribution >= 0.6 is 0 Å². The number of hydrogen-bond acceptors (Lipinski definition) is 6. The van der Waals surface area contributed by atoms with Crippen molar-refractivity contribution in [1.82, 2.24) is 10.2 Å². The van der Waals surface area contributed by atoms with Crippen LogP contribution < -0.4 is 24.3 Å². The molecule has 2 aromatic carbocycles. The fraction of sp³-hybridized carbons (Fsp3) is 0.500. The van der Waals surface area contributed by atoms with E-state index in [-0.39, 0.29) is 31.9 Å². The topological polar surface area (TPSA) is 69.3 Å². The van der Waals surface area contributed by atoms with E-state index in [0.717, 1.165) is 5.56 Å². The summed E-state index contributed by atoms with van der Waals surface area (Å²) in [7, 11) is 1.57. The normalized spacial score (nSPS) is 18.5. The van der Waals surface area contributed by atoms with Gasteiger partial charge >= 0.3 is 6.18 Å². The third-order valence-corrected chi connectivity index (χ3v) is 6.31. The van der Waals surface area contributed by atoms with E-state index in [1.165, 1.54) is 4.90 Å². The number of ether oxygens (including phenoxy) is 4. The lowest BCUT2D eigenvalue weighted by Gasteiger charge is -2.31. The lowest BCUT2D eigenvalue weighted by atomic mass is 10.0. The van der Waals surface area contributed by atoms with Gasteiger partial charge in [-0.25, -0.2) is 0 Å². The van der Waals surface area contributed by atoms with Gasteiger partial charge in [-0.1, -0.05) is 6.07 Å². The number of benzene rings is 2. The van der Waals surface area contributed by atoms with Gasteiger partial charge < -0.3 is 24.3 Å². The maximum Gasteiger partial charge on any atom is 0.404 e. The van der Waals surface area contributed by atoms with Crippen LogP contribution in [-0.2, 0) is 11.2 Å². The number of carbonyl (C=O) groups is 1. The maximum absolute atomic E-state index is 13.5. The number of halogens is 3. The number of likely N-dealkylation sites (tertiary alicyclic amines) is 1. The SMILES string of the molecule is COc1ccc(OCCC(=O)NC(Cc2ccc3c(c2)OCCO3)CN2CCCC2C(F)(F)F)cc1. The summed E-state index contributed by atoms with van der Waals surface area (Å²) in [4.78, 5) is 14.2. The van der Waals surface area contributed by atoms with Crippen molar-refractivity contribution in [2.24, 2.45) is 0 Å². The zero-order valence-corrected chi connectivity index (χ0v) is 20.2. The summed E-state index contributed by atoms with van der Waals surface area (Å²) in [5.74, 6) is 2.25. The van der Waals surface area contributed by atoms with Gasteiger partial charge in [0, 0.05) is 12.6 Å². The predicted octanol–water partition coefficient (Wildman–Crippen LogP) is 3.99. The summed E-state index contributed by atoms with van der Waals surface area (Å²) < 4.78 is 62.5. The molecule has 7 nitrogen and oxygen atoms in total. The van der Waals surface area contributed by atoms with Crippen molar-refractivity contribution < 1.29 is 36.9 Å². The quantitative estimate of drug-likeness (QED) is 0.524. The standard InChI is InChI=1S/C26H31F3N2O5/c1-33-20-5-7-21(8-6-20)34-12-10-25(32)30-19(17-31-11-2-3-24(31)26(27,28)29)15-18-4-9-22-23(16-18)36-14-13-35-22/h4-9,16,19,24H,2-3,10-15,17H2,1H3,(H,30,32). The van der Waals surface area contributed by atoms with Crippen molar-refractivity contribution in [3.8, 4) is 23.0 Å². The fourth-order valence-electron chi connectivity index (χ4n) is 4.59. The highest BCUT2D eigenvalue weighted by atomic mass is 19.4. The van der Waals surface area contributed by atoms with Crippen molar-refractivity contribution in [2.75, 3.05) is 40.0 Å². The molecular formula is C26H31F3N2O5. The molecule has 1 N–H and O–H groups in total. The van der Waals surface area contributed by atoms with Crippen LogP contribution in [0.4, 0.5) is 13.2 Å². The first-order valence-electron chi connectivity index (χ1n) is 12.1. The van der Waals surface area contributed by atoms with Crippen LogP contribution in [0.25, 0.3) is 0 Å². The minimum absolute atomic E-state index is 0.0733. The first kappa shape index (κ1) is 25.9. The molecule has 0 bridgehead atoms. The van der Waals surface area contributed by atoms with Gasteiger partial charge in [0.1, 0.15) is 30.8 Å². The minimum atomic E-state index is -4.30. The number of fused-ring (bicyclic) bond motifs is 1. The average molecular weight is 509 g/mol. The average Bonchev–Trinajstić information content (AvgIpc) is 3.33. The molecule has 2 aliphatic rings. The summed E-state index contributed by atoms with van der Waals surface area (Å²) in [5, 5.41) is 2.93. The molecule has 1 saturated heterocycles. The van der Waals surface area contributed by atoms with Crippen molar-refractivity contribution in [2.45, 2.75) is 43.9 Å². The number of rotatable bonds is 10. The van der Waals surface area contributed by atoms with Crippen molar-refractivity contribution in [3.05, 3.63) is 48.0 Å². The number of nitrogens with one attached hydrogen (secondary N) is 1. The van der Waals surface area contributed by atoms with Crippen LogP contribution in [0.3, 0.4) is 0 Å². The number of amides is 1. The molecule has 10 heteroatoms. The third-order valence-electron chi connectivity index (χ3n) is 6.31. The molecule has 0 aromatic heterocycles. The summed E-state index contributed by atoms with van der Waals surface area (Å²) >= 11 is 0. The van der Waals surface area contributed by atoms with Crippen molar-refractivity contribution in [1.29, 1.82) is 0 Å². The molecule has 4 rings (SSSR count). The van der Waals surface area contributed by atoms with E-state index in [9.17, 15) is 18.0 Å². The first-order chi connectivity index (χ1) is 17.3. The molecule has 0 spiro atoms. The molecule has 2 unspecified atom stereocenters. The van der Waals surface area contributed by atoms with Gasteiger partial charge in [0.25, 0.3) is 0 Å². The molecule has 0 radical (unpaired) electrons. The number of nitrogens with zero attached hydrogens (tertiary/aromatic N) is 1. The lowest BCUT2D eigenvalue weighted by Crippen LogP contribution is -2.50. The van der Waals surface area contributed by atoms with Gasteiger partial charge in [0.15, 0.2) is 11.5 Å². The largest absolute Gasteiger partial charge is 0.497 e. The summed E-state index contributed by atoms with van der Waals surface area (Å²) in [6, 6.07) is 10.5. The Morgan fingerprint density at radius 1 is 1.11 bits per heavy atom. The molecule has 196 valence electrons. The number of hydrogen-bond donors (Lipinski definition) is 1. The molecule has 36 heavy (non-hydrogen) atoms. The van der Waals surface area contributed by atoms with E-state index < -0.39 is 18.3 Å². The monoisotopic (exact) mass is 508 g/mol. The van der Waals surface area contributed by atoms with E-state index in [1.54, 1.807) is 37.4 Å². The third kappa shape index (κ3) is 6.96. The molecule has 2 atom stereocenters. The van der Waals surface area contributed by atoms with Gasteiger partial charge in [-0.15, -0.1) is 0 Å². The van der Waals surface area contributed by atoms with Crippen molar-refractivity contribution >= 4 is 5.91 Å². The molecule has 0 aliphatic carbocycles. The molecule has 2 heterocycles. The zero-order chi connectivity index (χ0) is 25.5. The van der Waals surface area contributed by atoms with Crippen LogP contribution in [0.15, 0.2) is 42.5 Å². The molecular weight excluding hydrogens is 477 g/mol. The highest BCUT2D eigenvalue weighted by molar-refractivity contribution is 5.76. The van der Waals surface area contributed by atoms with Gasteiger partial charge in [-0.3, -0.25) is 9.69 Å². The van der Waals surface area contributed by atoms with Crippen LogP contribution in [0.1, 0.15) is 24.8 Å². The first-order valence-corrected chi connectivity index (χ1v) is 12.1. The van der Waals surface area contributed by atoms with Crippen molar-refractivity contribution in [3.63, 3.8) is 0 Å². The Hall–Kier alpha value is -3.14. The summed E-state index contributed by atoms with van der Waals surface area (Å²) in [5.41, 5.74) is 0.849. The van der Waals surface area contributed by atoms with Crippen LogP contribution in [-0.4, -0.2) is 69.1 Å². The second-order valence-electron chi connectivity index (χ2n) is 8.92. The van der Waals surface area contributed by atoms with E-state index in [2.05, 4.69) is 5.32 Å². The number of methoxy groups -OCH3 is 1.